The van der Waals surface area contributed by atoms with Crippen LogP contribution in [0.15, 0.2) is 48.5 Å². The number of halogens is 1. The van der Waals surface area contributed by atoms with Crippen molar-refractivity contribution in [1.29, 1.82) is 0 Å². The molecule has 0 aliphatic carbocycles. The Morgan fingerprint density at radius 1 is 1.12 bits per heavy atom. The fraction of sp³-hybridized carbons (Fsp3) is 0.333. The topological polar surface area (TPSA) is 49.4 Å². The molecule has 1 aliphatic rings. The van der Waals surface area contributed by atoms with Gasteiger partial charge >= 0.3 is 0 Å². The number of rotatable bonds is 4. The van der Waals surface area contributed by atoms with E-state index in [9.17, 15) is 14.0 Å². The summed E-state index contributed by atoms with van der Waals surface area (Å²) < 4.78 is 13.0. The number of hydrogen-bond acceptors (Lipinski definition) is 2. The lowest BCUT2D eigenvalue weighted by Crippen LogP contribution is -2.47. The van der Waals surface area contributed by atoms with Crippen molar-refractivity contribution in [1.82, 2.24) is 10.2 Å². The van der Waals surface area contributed by atoms with E-state index in [0.29, 0.717) is 25.1 Å². The highest BCUT2D eigenvalue weighted by atomic mass is 19.1. The average Bonchev–Trinajstić information content (AvgIpc) is 2.80. The SMILES string of the molecule is Cc1ccc(CN2CCCCC(NC(=O)c3ccc(F)cc3)C2=O)cc1. The van der Waals surface area contributed by atoms with Gasteiger partial charge in [-0.2, -0.15) is 0 Å². The van der Waals surface area contributed by atoms with E-state index in [2.05, 4.69) is 5.32 Å². The fourth-order valence-electron chi connectivity index (χ4n) is 3.15. The summed E-state index contributed by atoms with van der Waals surface area (Å²) in [7, 11) is 0. The number of aryl methyl sites for hydroxylation is 1. The second kappa shape index (κ2) is 8.13. The lowest BCUT2D eigenvalue weighted by Gasteiger charge is -2.25. The first-order chi connectivity index (χ1) is 12.5. The summed E-state index contributed by atoms with van der Waals surface area (Å²) in [6.07, 6.45) is 2.42. The summed E-state index contributed by atoms with van der Waals surface area (Å²) in [6.45, 7) is 3.26. The first-order valence-electron chi connectivity index (χ1n) is 8.94. The van der Waals surface area contributed by atoms with E-state index < -0.39 is 11.9 Å². The normalized spacial score (nSPS) is 17.7. The van der Waals surface area contributed by atoms with Gasteiger partial charge in [-0.15, -0.1) is 0 Å². The van der Waals surface area contributed by atoms with Gasteiger partial charge in [-0.3, -0.25) is 9.59 Å². The molecule has 26 heavy (non-hydrogen) atoms. The van der Waals surface area contributed by atoms with E-state index in [4.69, 9.17) is 0 Å². The van der Waals surface area contributed by atoms with Crippen LogP contribution in [0.1, 0.15) is 40.7 Å². The molecular formula is C21H23FN2O2. The van der Waals surface area contributed by atoms with Gasteiger partial charge in [0.1, 0.15) is 11.9 Å². The zero-order valence-electron chi connectivity index (χ0n) is 14.9. The minimum Gasteiger partial charge on any atom is -0.340 e. The maximum absolute atomic E-state index is 13.0. The molecule has 1 fully saturated rings. The van der Waals surface area contributed by atoms with Crippen molar-refractivity contribution < 1.29 is 14.0 Å². The number of amides is 2. The molecule has 0 aromatic heterocycles. The summed E-state index contributed by atoms with van der Waals surface area (Å²) in [5.74, 6) is -0.796. The lowest BCUT2D eigenvalue weighted by atomic mass is 10.1. The predicted molar refractivity (Wildman–Crippen MR) is 98.1 cm³/mol. The molecule has 4 nitrogen and oxygen atoms in total. The van der Waals surface area contributed by atoms with Crippen LogP contribution in [-0.2, 0) is 11.3 Å². The Morgan fingerprint density at radius 3 is 2.50 bits per heavy atom. The van der Waals surface area contributed by atoms with Crippen LogP contribution in [0.3, 0.4) is 0 Å². The molecule has 2 aromatic rings. The average molecular weight is 354 g/mol. The van der Waals surface area contributed by atoms with Crippen LogP contribution in [0.4, 0.5) is 4.39 Å². The van der Waals surface area contributed by atoms with Gasteiger partial charge in [0.15, 0.2) is 0 Å². The number of nitrogens with zero attached hydrogens (tertiary/aromatic N) is 1. The highest BCUT2D eigenvalue weighted by molar-refractivity contribution is 5.97. The van der Waals surface area contributed by atoms with E-state index in [1.807, 2.05) is 36.1 Å². The molecule has 1 atom stereocenters. The van der Waals surface area contributed by atoms with E-state index in [1.54, 1.807) is 0 Å². The summed E-state index contributed by atoms with van der Waals surface area (Å²) in [5, 5.41) is 2.82. The van der Waals surface area contributed by atoms with Gasteiger partial charge in [0.2, 0.25) is 5.91 Å². The summed E-state index contributed by atoms with van der Waals surface area (Å²) >= 11 is 0. The molecule has 5 heteroatoms. The van der Waals surface area contributed by atoms with Gasteiger partial charge < -0.3 is 10.2 Å². The highest BCUT2D eigenvalue weighted by Crippen LogP contribution is 2.16. The number of likely N-dealkylation sites (tertiary alicyclic amines) is 1. The molecule has 1 saturated heterocycles. The van der Waals surface area contributed by atoms with E-state index >= 15 is 0 Å². The van der Waals surface area contributed by atoms with Crippen molar-refractivity contribution in [3.8, 4) is 0 Å². The van der Waals surface area contributed by atoms with Crippen LogP contribution in [0.5, 0.6) is 0 Å². The van der Waals surface area contributed by atoms with Gasteiger partial charge in [0.25, 0.3) is 5.91 Å². The quantitative estimate of drug-likeness (QED) is 0.914. The van der Waals surface area contributed by atoms with Gasteiger partial charge in [-0.25, -0.2) is 4.39 Å². The van der Waals surface area contributed by atoms with Crippen LogP contribution in [0.2, 0.25) is 0 Å². The van der Waals surface area contributed by atoms with Crippen molar-refractivity contribution in [2.75, 3.05) is 6.54 Å². The smallest absolute Gasteiger partial charge is 0.251 e. The standard InChI is InChI=1S/C21H23FN2O2/c1-15-5-7-16(8-6-15)14-24-13-3-2-4-19(21(24)26)23-20(25)17-9-11-18(22)12-10-17/h5-12,19H,2-4,13-14H2,1H3,(H,23,25). The van der Waals surface area contributed by atoms with Crippen molar-refractivity contribution >= 4 is 11.8 Å². The van der Waals surface area contributed by atoms with Crippen LogP contribution in [0, 0.1) is 12.7 Å². The first kappa shape index (κ1) is 18.1. The minimum absolute atomic E-state index is 0.0569. The molecule has 1 N–H and O–H groups in total. The van der Waals surface area contributed by atoms with Gasteiger partial charge in [0, 0.05) is 18.7 Å². The molecule has 1 unspecified atom stereocenters. The summed E-state index contributed by atoms with van der Waals surface area (Å²) in [4.78, 5) is 27.1. The second-order valence-corrected chi connectivity index (χ2v) is 6.77. The Morgan fingerprint density at radius 2 is 1.81 bits per heavy atom. The van der Waals surface area contributed by atoms with E-state index in [0.717, 1.165) is 18.4 Å². The number of carbonyl (C=O) groups is 2. The number of nitrogens with one attached hydrogen (secondary N) is 1. The zero-order valence-corrected chi connectivity index (χ0v) is 14.9. The number of benzene rings is 2. The molecule has 2 aromatic carbocycles. The molecule has 136 valence electrons. The van der Waals surface area contributed by atoms with Crippen molar-refractivity contribution in [2.24, 2.45) is 0 Å². The highest BCUT2D eigenvalue weighted by Gasteiger charge is 2.28. The van der Waals surface area contributed by atoms with Gasteiger partial charge in [-0.1, -0.05) is 29.8 Å². The second-order valence-electron chi connectivity index (χ2n) is 6.77. The van der Waals surface area contributed by atoms with Crippen LogP contribution < -0.4 is 5.32 Å². The van der Waals surface area contributed by atoms with Crippen LogP contribution in [0.25, 0.3) is 0 Å². The number of hydrogen-bond donors (Lipinski definition) is 1. The third-order valence-corrected chi connectivity index (χ3v) is 4.69. The van der Waals surface area contributed by atoms with Crippen LogP contribution >= 0.6 is 0 Å². The third kappa shape index (κ3) is 4.48. The van der Waals surface area contributed by atoms with Gasteiger partial charge in [-0.05, 0) is 56.0 Å². The monoisotopic (exact) mass is 354 g/mol. The number of carbonyl (C=O) groups excluding carboxylic acids is 2. The molecule has 0 spiro atoms. The maximum Gasteiger partial charge on any atom is 0.251 e. The maximum atomic E-state index is 13.0. The van der Waals surface area contributed by atoms with Gasteiger partial charge in [0.05, 0.1) is 0 Å². The molecule has 1 heterocycles. The molecule has 3 rings (SSSR count). The minimum atomic E-state index is -0.541. The molecule has 2 amide bonds. The summed E-state index contributed by atoms with van der Waals surface area (Å²) in [5.41, 5.74) is 2.61. The lowest BCUT2D eigenvalue weighted by molar-refractivity contribution is -0.133. The van der Waals surface area contributed by atoms with E-state index in [1.165, 1.54) is 29.8 Å². The van der Waals surface area contributed by atoms with Crippen molar-refractivity contribution in [2.45, 2.75) is 38.8 Å². The summed E-state index contributed by atoms with van der Waals surface area (Å²) in [6, 6.07) is 12.9. The Kier molecular flexibility index (Phi) is 5.66. The Hall–Kier alpha value is -2.69. The molecular weight excluding hydrogens is 331 g/mol. The van der Waals surface area contributed by atoms with Crippen molar-refractivity contribution in [3.05, 3.63) is 71.0 Å². The van der Waals surface area contributed by atoms with Crippen LogP contribution in [-0.4, -0.2) is 29.3 Å². The Labute approximate surface area is 153 Å². The largest absolute Gasteiger partial charge is 0.340 e. The molecule has 0 bridgehead atoms. The molecule has 0 radical (unpaired) electrons. The Bertz CT molecular complexity index is 772. The van der Waals surface area contributed by atoms with E-state index in [-0.39, 0.29) is 11.8 Å². The molecule has 1 aliphatic heterocycles. The first-order valence-corrected chi connectivity index (χ1v) is 8.94. The van der Waals surface area contributed by atoms with Crippen molar-refractivity contribution in [3.63, 3.8) is 0 Å². The molecule has 0 saturated carbocycles. The third-order valence-electron chi connectivity index (χ3n) is 4.69. The predicted octanol–water partition coefficient (Wildman–Crippen LogP) is 3.45. The Balaban J connectivity index is 1.68. The zero-order chi connectivity index (χ0) is 18.5. The fourth-order valence-corrected chi connectivity index (χ4v) is 3.15.